The molecule has 1 aromatic rings. The molecule has 82 valence electrons. The molecule has 0 saturated heterocycles. The monoisotopic (exact) mass is 227 g/mol. The summed E-state index contributed by atoms with van der Waals surface area (Å²) in [6, 6.07) is 0. The van der Waals surface area contributed by atoms with E-state index >= 15 is 0 Å². The molecule has 0 aliphatic rings. The van der Waals surface area contributed by atoms with Crippen molar-refractivity contribution in [3.8, 4) is 12.3 Å². The lowest BCUT2D eigenvalue weighted by molar-refractivity contribution is 0.443. The highest BCUT2D eigenvalue weighted by Crippen LogP contribution is 2.11. The average Bonchev–Trinajstić information content (AvgIpc) is 2.70. The standard InChI is InChI=1S/C9H13N3O2S/c1-3-5-12(6-4-2)15(13,14)9-7-10-8-11-9/h1,7-8H,4-6H2,2H3,(H,10,11). The number of hydrogen-bond donors (Lipinski definition) is 1. The van der Waals surface area contributed by atoms with E-state index in [4.69, 9.17) is 6.42 Å². The smallest absolute Gasteiger partial charge is 0.260 e. The Kier molecular flexibility index (Phi) is 3.88. The van der Waals surface area contributed by atoms with E-state index in [-0.39, 0.29) is 11.6 Å². The second-order valence-corrected chi connectivity index (χ2v) is 4.86. The minimum Gasteiger partial charge on any atom is -0.335 e. The van der Waals surface area contributed by atoms with Crippen molar-refractivity contribution in [3.63, 3.8) is 0 Å². The molecule has 15 heavy (non-hydrogen) atoms. The maximum atomic E-state index is 11.9. The van der Waals surface area contributed by atoms with Gasteiger partial charge in [0.05, 0.1) is 19.1 Å². The highest BCUT2D eigenvalue weighted by Gasteiger charge is 2.23. The summed E-state index contributed by atoms with van der Waals surface area (Å²) in [6.07, 6.45) is 8.44. The van der Waals surface area contributed by atoms with Crippen molar-refractivity contribution < 1.29 is 8.42 Å². The highest BCUT2D eigenvalue weighted by molar-refractivity contribution is 7.89. The van der Waals surface area contributed by atoms with Crippen LogP contribution in [0.3, 0.4) is 0 Å². The highest BCUT2D eigenvalue weighted by atomic mass is 32.2. The van der Waals surface area contributed by atoms with Gasteiger partial charge < -0.3 is 4.98 Å². The number of aromatic nitrogens is 2. The van der Waals surface area contributed by atoms with Gasteiger partial charge in [0.15, 0.2) is 5.03 Å². The predicted octanol–water partition coefficient (Wildman–Crippen LogP) is 0.444. The molecule has 1 rings (SSSR count). The first-order chi connectivity index (χ1) is 7.12. The van der Waals surface area contributed by atoms with Crippen LogP contribution in [-0.2, 0) is 10.0 Å². The first-order valence-corrected chi connectivity index (χ1v) is 5.99. The van der Waals surface area contributed by atoms with Crippen molar-refractivity contribution in [2.24, 2.45) is 0 Å². The molecule has 0 saturated carbocycles. The fraction of sp³-hybridized carbons (Fsp3) is 0.444. The topological polar surface area (TPSA) is 66.1 Å². The zero-order chi connectivity index (χ0) is 11.3. The van der Waals surface area contributed by atoms with Crippen LogP contribution in [0.2, 0.25) is 0 Å². The van der Waals surface area contributed by atoms with Crippen LogP contribution in [0.1, 0.15) is 13.3 Å². The van der Waals surface area contributed by atoms with E-state index in [1.54, 1.807) is 0 Å². The van der Waals surface area contributed by atoms with Crippen molar-refractivity contribution >= 4 is 10.0 Å². The van der Waals surface area contributed by atoms with Crippen LogP contribution >= 0.6 is 0 Å². The maximum Gasteiger partial charge on any atom is 0.260 e. The van der Waals surface area contributed by atoms with E-state index in [0.29, 0.717) is 6.54 Å². The number of H-pyrrole nitrogens is 1. The van der Waals surface area contributed by atoms with Crippen LogP contribution in [0.15, 0.2) is 17.6 Å². The quantitative estimate of drug-likeness (QED) is 0.742. The second-order valence-electron chi connectivity index (χ2n) is 2.96. The first kappa shape index (κ1) is 11.8. The first-order valence-electron chi connectivity index (χ1n) is 4.55. The number of terminal acetylenes is 1. The van der Waals surface area contributed by atoms with Gasteiger partial charge in [-0.15, -0.1) is 6.42 Å². The lowest BCUT2D eigenvalue weighted by Crippen LogP contribution is -2.32. The van der Waals surface area contributed by atoms with Crippen LogP contribution in [-0.4, -0.2) is 35.8 Å². The third kappa shape index (κ3) is 2.58. The van der Waals surface area contributed by atoms with E-state index < -0.39 is 10.0 Å². The van der Waals surface area contributed by atoms with E-state index in [0.717, 1.165) is 6.42 Å². The summed E-state index contributed by atoms with van der Waals surface area (Å²) < 4.78 is 25.1. The van der Waals surface area contributed by atoms with Crippen LogP contribution in [0, 0.1) is 12.3 Å². The molecule has 1 heterocycles. The third-order valence-electron chi connectivity index (χ3n) is 1.83. The van der Waals surface area contributed by atoms with Gasteiger partial charge in [-0.1, -0.05) is 12.8 Å². The van der Waals surface area contributed by atoms with Crippen molar-refractivity contribution in [3.05, 3.63) is 12.5 Å². The van der Waals surface area contributed by atoms with E-state index in [2.05, 4.69) is 15.9 Å². The zero-order valence-electron chi connectivity index (χ0n) is 8.47. The molecule has 0 fully saturated rings. The number of sulfonamides is 1. The predicted molar refractivity (Wildman–Crippen MR) is 56.5 cm³/mol. The van der Waals surface area contributed by atoms with Crippen molar-refractivity contribution in [2.75, 3.05) is 13.1 Å². The van der Waals surface area contributed by atoms with Gasteiger partial charge in [-0.3, -0.25) is 0 Å². The minimum atomic E-state index is -3.51. The molecule has 1 aromatic heterocycles. The van der Waals surface area contributed by atoms with Gasteiger partial charge >= 0.3 is 0 Å². The molecule has 0 atom stereocenters. The third-order valence-corrected chi connectivity index (χ3v) is 3.60. The number of imidazole rings is 1. The molecule has 6 heteroatoms. The molecule has 0 amide bonds. The van der Waals surface area contributed by atoms with Crippen molar-refractivity contribution in [1.29, 1.82) is 0 Å². The molecule has 0 spiro atoms. The van der Waals surface area contributed by atoms with Gasteiger partial charge in [-0.05, 0) is 6.42 Å². The average molecular weight is 227 g/mol. The summed E-state index contributed by atoms with van der Waals surface area (Å²) in [5, 5.41) is 0.0752. The van der Waals surface area contributed by atoms with E-state index in [1.807, 2.05) is 6.92 Å². The molecular formula is C9H13N3O2S. The molecule has 0 unspecified atom stereocenters. The van der Waals surface area contributed by atoms with Gasteiger partial charge in [0, 0.05) is 6.54 Å². The van der Waals surface area contributed by atoms with Crippen molar-refractivity contribution in [2.45, 2.75) is 18.4 Å². The van der Waals surface area contributed by atoms with Gasteiger partial charge in [-0.25, -0.2) is 13.4 Å². The summed E-state index contributed by atoms with van der Waals surface area (Å²) in [4.78, 5) is 6.24. The fourth-order valence-electron chi connectivity index (χ4n) is 1.16. The summed E-state index contributed by atoms with van der Waals surface area (Å²) in [7, 11) is -3.51. The number of rotatable bonds is 5. The van der Waals surface area contributed by atoms with Gasteiger partial charge in [0.2, 0.25) is 0 Å². The molecule has 0 bridgehead atoms. The Morgan fingerprint density at radius 3 is 2.87 bits per heavy atom. The fourth-order valence-corrected chi connectivity index (χ4v) is 2.50. The van der Waals surface area contributed by atoms with Crippen LogP contribution in [0.25, 0.3) is 0 Å². The molecule has 5 nitrogen and oxygen atoms in total. The van der Waals surface area contributed by atoms with Crippen LogP contribution in [0.5, 0.6) is 0 Å². The van der Waals surface area contributed by atoms with Crippen LogP contribution < -0.4 is 0 Å². The van der Waals surface area contributed by atoms with Gasteiger partial charge in [0.1, 0.15) is 0 Å². The van der Waals surface area contributed by atoms with Crippen molar-refractivity contribution in [1.82, 2.24) is 14.3 Å². The molecular weight excluding hydrogens is 214 g/mol. The Morgan fingerprint density at radius 2 is 2.40 bits per heavy atom. The van der Waals surface area contributed by atoms with Gasteiger partial charge in [0.25, 0.3) is 10.0 Å². The zero-order valence-corrected chi connectivity index (χ0v) is 9.29. The summed E-state index contributed by atoms with van der Waals surface area (Å²) in [6.45, 7) is 2.38. The van der Waals surface area contributed by atoms with E-state index in [1.165, 1.54) is 16.8 Å². The molecule has 0 radical (unpaired) electrons. The molecule has 0 aliphatic heterocycles. The normalized spacial score (nSPS) is 11.5. The second kappa shape index (κ2) is 4.96. The Balaban J connectivity index is 2.97. The lowest BCUT2D eigenvalue weighted by Gasteiger charge is -2.17. The lowest BCUT2D eigenvalue weighted by atomic mass is 10.5. The van der Waals surface area contributed by atoms with Crippen LogP contribution in [0.4, 0.5) is 0 Å². The molecule has 0 aliphatic carbocycles. The Labute approximate surface area is 89.6 Å². The number of aromatic amines is 1. The largest absolute Gasteiger partial charge is 0.335 e. The summed E-state index contributed by atoms with van der Waals surface area (Å²) in [5.74, 6) is 2.33. The summed E-state index contributed by atoms with van der Waals surface area (Å²) >= 11 is 0. The Hall–Kier alpha value is -1.32. The maximum absolute atomic E-state index is 11.9. The molecule has 0 aromatic carbocycles. The minimum absolute atomic E-state index is 0.0752. The number of nitrogens with zero attached hydrogens (tertiary/aromatic N) is 2. The number of hydrogen-bond acceptors (Lipinski definition) is 3. The van der Waals surface area contributed by atoms with Gasteiger partial charge in [-0.2, -0.15) is 4.31 Å². The Bertz CT molecular complexity index is 430. The Morgan fingerprint density at radius 1 is 1.67 bits per heavy atom. The SMILES string of the molecule is C#CCN(CCC)S(=O)(=O)c1cnc[nH]1. The molecule has 1 N–H and O–H groups in total. The number of nitrogens with one attached hydrogen (secondary N) is 1. The van der Waals surface area contributed by atoms with E-state index in [9.17, 15) is 8.42 Å². The summed E-state index contributed by atoms with van der Waals surface area (Å²) in [5.41, 5.74) is 0.